The number of carbonyl (C=O) groups excluding carboxylic acids is 2. The first kappa shape index (κ1) is 24.3. The zero-order chi connectivity index (χ0) is 24.7. The molecule has 0 saturated carbocycles. The van der Waals surface area contributed by atoms with Crippen LogP contribution in [-0.4, -0.2) is 50.8 Å². The van der Waals surface area contributed by atoms with Gasteiger partial charge in [0.1, 0.15) is 12.6 Å². The van der Waals surface area contributed by atoms with Crippen LogP contribution >= 0.6 is 0 Å². The van der Waals surface area contributed by atoms with E-state index < -0.39 is 14.4 Å². The minimum atomic E-state index is -2.03. The molecule has 2 aliphatic rings. The van der Waals surface area contributed by atoms with Gasteiger partial charge in [-0.15, -0.1) is 0 Å². The number of fused-ring (bicyclic) bond motifs is 2. The first-order chi connectivity index (χ1) is 16.0. The van der Waals surface area contributed by atoms with Crippen LogP contribution in [0.5, 0.6) is 11.5 Å². The Labute approximate surface area is 202 Å². The molecule has 0 unspecified atom stereocenters. The average molecular weight is 483 g/mol. The molecule has 2 aromatic carbocycles. The van der Waals surface area contributed by atoms with Crippen molar-refractivity contribution in [3.05, 3.63) is 53.6 Å². The Morgan fingerprint density at radius 2 is 1.79 bits per heavy atom. The topological polar surface area (TPSA) is 77.1 Å². The third kappa shape index (κ3) is 4.70. The van der Waals surface area contributed by atoms with E-state index in [4.69, 9.17) is 13.9 Å². The van der Waals surface area contributed by atoms with Gasteiger partial charge in [0.2, 0.25) is 5.91 Å². The Morgan fingerprint density at radius 1 is 1.09 bits per heavy atom. The molecule has 2 amide bonds. The van der Waals surface area contributed by atoms with Gasteiger partial charge in [0.15, 0.2) is 19.8 Å². The van der Waals surface area contributed by atoms with Crippen molar-refractivity contribution in [3.8, 4) is 11.5 Å². The molecular formula is C26H34N2O5Si. The third-order valence-corrected chi connectivity index (χ3v) is 11.7. The van der Waals surface area contributed by atoms with E-state index >= 15 is 0 Å². The van der Waals surface area contributed by atoms with Crippen LogP contribution in [0.1, 0.15) is 43.1 Å². The number of ether oxygens (including phenoxy) is 2. The van der Waals surface area contributed by atoms with Crippen molar-refractivity contribution in [3.63, 3.8) is 0 Å². The molecule has 1 saturated heterocycles. The highest BCUT2D eigenvalue weighted by molar-refractivity contribution is 6.74. The second kappa shape index (κ2) is 9.07. The molecule has 0 spiro atoms. The summed E-state index contributed by atoms with van der Waals surface area (Å²) in [5, 5.41) is 3.00. The fourth-order valence-corrected chi connectivity index (χ4v) is 5.53. The number of methoxy groups -OCH3 is 1. The predicted octanol–water partition coefficient (Wildman–Crippen LogP) is 4.83. The van der Waals surface area contributed by atoms with Crippen LogP contribution in [0.3, 0.4) is 0 Å². The van der Waals surface area contributed by atoms with Gasteiger partial charge in [-0.1, -0.05) is 51.1 Å². The number of anilines is 1. The lowest BCUT2D eigenvalue weighted by atomic mass is 10.1. The molecule has 2 heterocycles. The van der Waals surface area contributed by atoms with Gasteiger partial charge < -0.3 is 24.1 Å². The Kier molecular flexibility index (Phi) is 6.48. The first-order valence-corrected chi connectivity index (χ1v) is 14.6. The van der Waals surface area contributed by atoms with E-state index in [1.54, 1.807) is 24.1 Å². The van der Waals surface area contributed by atoms with Crippen molar-refractivity contribution in [2.45, 2.75) is 64.1 Å². The van der Waals surface area contributed by atoms with Crippen LogP contribution in [0.2, 0.25) is 18.1 Å². The van der Waals surface area contributed by atoms with E-state index in [1.165, 1.54) is 0 Å². The van der Waals surface area contributed by atoms with Gasteiger partial charge in [-0.25, -0.2) is 0 Å². The van der Waals surface area contributed by atoms with Crippen LogP contribution in [0.15, 0.2) is 42.5 Å². The summed E-state index contributed by atoms with van der Waals surface area (Å²) in [5.41, 5.74) is 1.84. The molecule has 4 rings (SSSR count). The number of nitrogens with one attached hydrogen (secondary N) is 1. The Morgan fingerprint density at radius 3 is 2.44 bits per heavy atom. The maximum Gasteiger partial charge on any atom is 0.256 e. The summed E-state index contributed by atoms with van der Waals surface area (Å²) in [7, 11) is -0.488. The van der Waals surface area contributed by atoms with Crippen molar-refractivity contribution in [1.82, 2.24) is 4.90 Å². The summed E-state index contributed by atoms with van der Waals surface area (Å²) >= 11 is 0. The number of benzene rings is 2. The number of amides is 2. The highest BCUT2D eigenvalue weighted by atomic mass is 28.4. The summed E-state index contributed by atoms with van der Waals surface area (Å²) in [4.78, 5) is 28.3. The fraction of sp³-hybridized carbons (Fsp3) is 0.462. The highest BCUT2D eigenvalue weighted by Gasteiger charge is 2.47. The van der Waals surface area contributed by atoms with Gasteiger partial charge in [-0.05, 0) is 29.8 Å². The average Bonchev–Trinajstić information content (AvgIpc) is 3.17. The standard InChI is InChI=1S/C26H34N2O5Si/c1-26(2,3)34(5,6)33-18-12-21-24(29)27-20-14-23(32-16-17-10-8-7-9-11-17)22(31-4)13-19(20)25(30)28(21)15-18/h7-11,13-14,18,21H,12,15-16H2,1-6H3,(H,27,29)/t18-,21-/m0/s1. The molecule has 1 fully saturated rings. The van der Waals surface area contributed by atoms with E-state index in [1.807, 2.05) is 30.3 Å². The lowest BCUT2D eigenvalue weighted by Crippen LogP contribution is -2.44. The van der Waals surface area contributed by atoms with E-state index in [0.29, 0.717) is 42.3 Å². The molecule has 2 aromatic rings. The number of rotatable bonds is 6. The smallest absolute Gasteiger partial charge is 0.256 e. The second-order valence-electron chi connectivity index (χ2n) is 10.5. The Hall–Kier alpha value is -2.84. The van der Waals surface area contributed by atoms with E-state index in [0.717, 1.165) is 5.56 Å². The number of carbonyl (C=O) groups is 2. The van der Waals surface area contributed by atoms with Gasteiger partial charge >= 0.3 is 0 Å². The van der Waals surface area contributed by atoms with E-state index in [-0.39, 0.29) is 23.0 Å². The zero-order valence-corrected chi connectivity index (χ0v) is 21.8. The van der Waals surface area contributed by atoms with Crippen molar-refractivity contribution >= 4 is 25.8 Å². The maximum atomic E-state index is 13.5. The molecule has 0 aromatic heterocycles. The van der Waals surface area contributed by atoms with E-state index in [9.17, 15) is 9.59 Å². The van der Waals surface area contributed by atoms with Gasteiger partial charge in [0.25, 0.3) is 5.91 Å². The SMILES string of the molecule is COc1cc2c(cc1OCc1ccccc1)NC(=O)[C@@H]1C[C@H](O[Si](C)(C)C(C)(C)C)CN1C2=O. The third-order valence-electron chi connectivity index (χ3n) is 7.12. The van der Waals surface area contributed by atoms with Gasteiger partial charge in [0.05, 0.1) is 24.5 Å². The second-order valence-corrected chi connectivity index (χ2v) is 15.3. The summed E-state index contributed by atoms with van der Waals surface area (Å²) in [6.45, 7) is 11.7. The predicted molar refractivity (Wildman–Crippen MR) is 134 cm³/mol. The van der Waals surface area contributed by atoms with Crippen LogP contribution in [0.25, 0.3) is 0 Å². The largest absolute Gasteiger partial charge is 0.493 e. The monoisotopic (exact) mass is 482 g/mol. The molecule has 0 aliphatic carbocycles. The molecule has 7 nitrogen and oxygen atoms in total. The van der Waals surface area contributed by atoms with Crippen molar-refractivity contribution < 1.29 is 23.5 Å². The highest BCUT2D eigenvalue weighted by Crippen LogP contribution is 2.41. The summed E-state index contributed by atoms with van der Waals surface area (Å²) in [6, 6.07) is 12.6. The Balaban J connectivity index is 1.57. The normalized spacial score (nSPS) is 20.4. The molecule has 8 heteroatoms. The number of hydrogen-bond donors (Lipinski definition) is 1. The van der Waals surface area contributed by atoms with Crippen molar-refractivity contribution in [2.24, 2.45) is 0 Å². The number of nitrogens with zero attached hydrogens (tertiary/aromatic N) is 1. The van der Waals surface area contributed by atoms with Crippen LogP contribution in [0.4, 0.5) is 5.69 Å². The lowest BCUT2D eigenvalue weighted by molar-refractivity contribution is -0.119. The Bertz CT molecular complexity index is 1080. The van der Waals surface area contributed by atoms with Crippen molar-refractivity contribution in [1.29, 1.82) is 0 Å². The molecule has 0 radical (unpaired) electrons. The summed E-state index contributed by atoms with van der Waals surface area (Å²) < 4.78 is 18.0. The van der Waals surface area contributed by atoms with Crippen LogP contribution in [0, 0.1) is 0 Å². The maximum absolute atomic E-state index is 13.5. The first-order valence-electron chi connectivity index (χ1n) is 11.7. The summed E-state index contributed by atoms with van der Waals surface area (Å²) in [5.74, 6) is 0.517. The summed E-state index contributed by atoms with van der Waals surface area (Å²) in [6.07, 6.45) is 0.338. The van der Waals surface area contributed by atoms with Crippen molar-refractivity contribution in [2.75, 3.05) is 19.0 Å². The molecular weight excluding hydrogens is 448 g/mol. The quantitative estimate of drug-likeness (QED) is 0.597. The molecule has 1 N–H and O–H groups in total. The molecule has 34 heavy (non-hydrogen) atoms. The molecule has 2 atom stereocenters. The van der Waals surface area contributed by atoms with Crippen LogP contribution in [-0.2, 0) is 15.8 Å². The van der Waals surface area contributed by atoms with Gasteiger partial charge in [0, 0.05) is 19.0 Å². The minimum absolute atomic E-state index is 0.0510. The van der Waals surface area contributed by atoms with Gasteiger partial charge in [-0.2, -0.15) is 0 Å². The lowest BCUT2D eigenvalue weighted by Gasteiger charge is -2.38. The van der Waals surface area contributed by atoms with E-state index in [2.05, 4.69) is 39.2 Å². The number of hydrogen-bond acceptors (Lipinski definition) is 5. The molecule has 0 bridgehead atoms. The molecule has 2 aliphatic heterocycles. The van der Waals surface area contributed by atoms with Gasteiger partial charge in [-0.3, -0.25) is 9.59 Å². The minimum Gasteiger partial charge on any atom is -0.493 e. The fourth-order valence-electron chi connectivity index (χ4n) is 4.17. The molecule has 182 valence electrons. The zero-order valence-electron chi connectivity index (χ0n) is 20.8. The van der Waals surface area contributed by atoms with Crippen LogP contribution < -0.4 is 14.8 Å².